The van der Waals surface area contributed by atoms with E-state index in [4.69, 9.17) is 4.98 Å². The molecule has 1 aromatic heterocycles. The van der Waals surface area contributed by atoms with E-state index < -0.39 is 0 Å². The molecule has 0 spiro atoms. The first-order valence-corrected chi connectivity index (χ1v) is 11.5. The molecule has 0 aliphatic carbocycles. The second-order valence-corrected chi connectivity index (χ2v) is 8.96. The number of nitrogens with zero attached hydrogens (tertiary/aromatic N) is 4. The predicted molar refractivity (Wildman–Crippen MR) is 127 cm³/mol. The van der Waals surface area contributed by atoms with Gasteiger partial charge in [0.15, 0.2) is 5.78 Å². The number of aliphatic hydroxyl groups is 1. The Kier molecular flexibility index (Phi) is 6.17. The second kappa shape index (κ2) is 9.39. The molecule has 33 heavy (non-hydrogen) atoms. The number of rotatable bonds is 6. The third kappa shape index (κ3) is 4.95. The highest BCUT2D eigenvalue weighted by Crippen LogP contribution is 2.26. The summed E-state index contributed by atoms with van der Waals surface area (Å²) >= 11 is 0. The van der Waals surface area contributed by atoms with Crippen molar-refractivity contribution in [2.45, 2.75) is 38.6 Å². The lowest BCUT2D eigenvalue weighted by Gasteiger charge is -2.34. The normalized spacial score (nSPS) is 21.0. The third-order valence-corrected chi connectivity index (χ3v) is 6.56. The van der Waals surface area contributed by atoms with Crippen LogP contribution < -0.4 is 5.32 Å². The Hall–Kier alpha value is -3.13. The van der Waals surface area contributed by atoms with Crippen LogP contribution in [0.1, 0.15) is 34.1 Å². The Morgan fingerprint density at radius 2 is 1.91 bits per heavy atom. The maximum atomic E-state index is 11.5. The van der Waals surface area contributed by atoms with Crippen LogP contribution in [0.25, 0.3) is 0 Å². The van der Waals surface area contributed by atoms with Crippen LogP contribution in [0.15, 0.2) is 60.8 Å². The molecule has 2 atom stereocenters. The van der Waals surface area contributed by atoms with Gasteiger partial charge in [-0.3, -0.25) is 14.6 Å². The summed E-state index contributed by atoms with van der Waals surface area (Å²) in [5, 5.41) is 14.0. The quantitative estimate of drug-likeness (QED) is 0.567. The second-order valence-electron chi connectivity index (χ2n) is 8.96. The summed E-state index contributed by atoms with van der Waals surface area (Å²) in [4.78, 5) is 25.4. The first-order chi connectivity index (χ1) is 16.0. The van der Waals surface area contributed by atoms with Gasteiger partial charge in [-0.1, -0.05) is 30.3 Å². The number of β-amino-alcohol motifs (C(OH)–C–C–N with tert-alkyl or cyclic N) is 1. The number of carbonyl (C=O) groups excluding carboxylic acids is 1. The van der Waals surface area contributed by atoms with Crippen LogP contribution in [0.3, 0.4) is 0 Å². The number of carbonyl (C=O) groups is 1. The minimum Gasteiger partial charge on any atom is -0.390 e. The molecule has 0 amide bonds. The minimum atomic E-state index is -0.352. The number of benzene rings is 2. The van der Waals surface area contributed by atoms with Crippen molar-refractivity contribution in [1.29, 1.82) is 0 Å². The van der Waals surface area contributed by atoms with Gasteiger partial charge in [-0.15, -0.1) is 0 Å². The summed E-state index contributed by atoms with van der Waals surface area (Å²) in [7, 11) is 0. The molecule has 1 saturated heterocycles. The fourth-order valence-electron chi connectivity index (χ4n) is 4.78. The van der Waals surface area contributed by atoms with Crippen LogP contribution in [0.5, 0.6) is 0 Å². The number of anilines is 2. The SMILES string of the molecule is CC(=O)c1ccc(Nc2ncc3c(n2)CCN([C@@H]2CN(Cc4ccccc4)C[C@H]2O)C3)cc1. The molecule has 7 nitrogen and oxygen atoms in total. The fourth-order valence-corrected chi connectivity index (χ4v) is 4.78. The number of ketones is 1. The van der Waals surface area contributed by atoms with E-state index in [2.05, 4.69) is 44.4 Å². The Morgan fingerprint density at radius 1 is 1.12 bits per heavy atom. The van der Waals surface area contributed by atoms with E-state index in [1.165, 1.54) is 5.56 Å². The average molecular weight is 444 g/mol. The van der Waals surface area contributed by atoms with Crippen LogP contribution in [0, 0.1) is 0 Å². The van der Waals surface area contributed by atoms with Crippen molar-refractivity contribution >= 4 is 17.4 Å². The highest BCUT2D eigenvalue weighted by Gasteiger charge is 2.37. The zero-order valence-corrected chi connectivity index (χ0v) is 18.8. The summed E-state index contributed by atoms with van der Waals surface area (Å²) in [5.41, 5.74) is 4.98. The van der Waals surface area contributed by atoms with Crippen LogP contribution in [-0.4, -0.2) is 62.4 Å². The first kappa shape index (κ1) is 21.7. The van der Waals surface area contributed by atoms with Crippen molar-refractivity contribution in [1.82, 2.24) is 19.8 Å². The molecule has 3 aromatic rings. The van der Waals surface area contributed by atoms with Gasteiger partial charge in [0.1, 0.15) is 0 Å². The summed E-state index contributed by atoms with van der Waals surface area (Å²) in [5.74, 6) is 0.611. The number of hydrogen-bond acceptors (Lipinski definition) is 7. The maximum absolute atomic E-state index is 11.5. The van der Waals surface area contributed by atoms with E-state index in [9.17, 15) is 9.90 Å². The molecule has 5 rings (SSSR count). The highest BCUT2D eigenvalue weighted by atomic mass is 16.3. The Bertz CT molecular complexity index is 1120. The topological polar surface area (TPSA) is 81.6 Å². The average Bonchev–Trinajstić information content (AvgIpc) is 3.19. The van der Waals surface area contributed by atoms with Crippen molar-refractivity contribution in [3.05, 3.63) is 83.2 Å². The summed E-state index contributed by atoms with van der Waals surface area (Å²) in [6, 6.07) is 17.9. The van der Waals surface area contributed by atoms with Crippen molar-refractivity contribution in [3.8, 4) is 0 Å². The molecule has 2 aliphatic rings. The summed E-state index contributed by atoms with van der Waals surface area (Å²) in [6.07, 6.45) is 2.37. The molecule has 0 bridgehead atoms. The van der Waals surface area contributed by atoms with Crippen LogP contribution in [-0.2, 0) is 19.5 Å². The highest BCUT2D eigenvalue weighted by molar-refractivity contribution is 5.94. The molecule has 7 heteroatoms. The molecule has 170 valence electrons. The third-order valence-electron chi connectivity index (χ3n) is 6.56. The smallest absolute Gasteiger partial charge is 0.227 e. The number of aromatic nitrogens is 2. The zero-order valence-electron chi connectivity index (χ0n) is 18.8. The molecule has 2 N–H and O–H groups in total. The maximum Gasteiger partial charge on any atom is 0.227 e. The van der Waals surface area contributed by atoms with Gasteiger partial charge in [0.25, 0.3) is 0 Å². The van der Waals surface area contributed by atoms with Gasteiger partial charge in [-0.05, 0) is 36.8 Å². The van der Waals surface area contributed by atoms with Gasteiger partial charge in [0.05, 0.1) is 11.8 Å². The van der Waals surface area contributed by atoms with Crippen LogP contribution in [0.4, 0.5) is 11.6 Å². The molecule has 3 heterocycles. The van der Waals surface area contributed by atoms with Gasteiger partial charge in [-0.25, -0.2) is 9.97 Å². The Balaban J connectivity index is 1.22. The molecule has 0 radical (unpaired) electrons. The van der Waals surface area contributed by atoms with E-state index in [0.717, 1.165) is 49.5 Å². The molecule has 1 fully saturated rings. The molecular weight excluding hydrogens is 414 g/mol. The van der Waals surface area contributed by atoms with Crippen LogP contribution >= 0.6 is 0 Å². The first-order valence-electron chi connectivity index (χ1n) is 11.5. The van der Waals surface area contributed by atoms with Gasteiger partial charge < -0.3 is 10.4 Å². The van der Waals surface area contributed by atoms with Crippen LogP contribution in [0.2, 0.25) is 0 Å². The van der Waals surface area contributed by atoms with Gasteiger partial charge in [0, 0.05) is 68.2 Å². The summed E-state index contributed by atoms with van der Waals surface area (Å²) < 4.78 is 0. The van der Waals surface area contributed by atoms with E-state index >= 15 is 0 Å². The van der Waals surface area contributed by atoms with E-state index in [-0.39, 0.29) is 17.9 Å². The largest absolute Gasteiger partial charge is 0.390 e. The molecule has 2 aliphatic heterocycles. The fraction of sp³-hybridized carbons (Fsp3) is 0.346. The van der Waals surface area contributed by atoms with E-state index in [0.29, 0.717) is 18.1 Å². The number of fused-ring (bicyclic) bond motifs is 1. The van der Waals surface area contributed by atoms with Crippen molar-refractivity contribution < 1.29 is 9.90 Å². The van der Waals surface area contributed by atoms with Gasteiger partial charge in [0.2, 0.25) is 5.95 Å². The van der Waals surface area contributed by atoms with Crippen molar-refractivity contribution in [3.63, 3.8) is 0 Å². The van der Waals surface area contributed by atoms with Gasteiger partial charge in [-0.2, -0.15) is 0 Å². The molecule has 0 unspecified atom stereocenters. The molecule has 0 saturated carbocycles. The van der Waals surface area contributed by atoms with Crippen molar-refractivity contribution in [2.75, 3.05) is 25.0 Å². The minimum absolute atomic E-state index is 0.0479. The number of likely N-dealkylation sites (tertiary alicyclic amines) is 1. The van der Waals surface area contributed by atoms with Crippen molar-refractivity contribution in [2.24, 2.45) is 0 Å². The Morgan fingerprint density at radius 3 is 2.67 bits per heavy atom. The molecular formula is C26H29N5O2. The Labute approximate surface area is 194 Å². The standard InChI is InChI=1S/C26H29N5O2/c1-18(32)20-7-9-22(10-8-20)28-26-27-13-21-15-31(12-11-23(21)29-26)24-16-30(17-25(24)33)14-19-5-3-2-4-6-19/h2-10,13,24-25,33H,11-12,14-17H2,1H3,(H,27,28,29)/t24-,25-/m1/s1. The van der Waals surface area contributed by atoms with E-state index in [1.54, 1.807) is 19.1 Å². The molecule has 2 aromatic carbocycles. The van der Waals surface area contributed by atoms with E-state index in [1.807, 2.05) is 24.4 Å². The van der Waals surface area contributed by atoms with Gasteiger partial charge >= 0.3 is 0 Å². The lowest BCUT2D eigenvalue weighted by molar-refractivity contribution is 0.0740. The summed E-state index contributed by atoms with van der Waals surface area (Å²) in [6.45, 7) is 5.61. The lowest BCUT2D eigenvalue weighted by Crippen LogP contribution is -2.46. The predicted octanol–water partition coefficient (Wildman–Crippen LogP) is 3.03. The monoisotopic (exact) mass is 443 g/mol. The number of hydrogen-bond donors (Lipinski definition) is 2. The number of nitrogens with one attached hydrogen (secondary N) is 1. The number of Topliss-reactive ketones (excluding diaryl/α,β-unsaturated/α-hetero) is 1. The lowest BCUT2D eigenvalue weighted by atomic mass is 10.0. The zero-order chi connectivity index (χ0) is 22.8. The number of aliphatic hydroxyl groups excluding tert-OH is 1.